The molecule has 0 aliphatic carbocycles. The van der Waals surface area contributed by atoms with Crippen molar-refractivity contribution in [1.29, 1.82) is 0 Å². The first-order valence-electron chi connectivity index (χ1n) is 10.3. The molecule has 0 spiro atoms. The number of anilines is 2. The number of pyridine rings is 1. The topological polar surface area (TPSA) is 120 Å². The zero-order valence-electron chi connectivity index (χ0n) is 17.5. The van der Waals surface area contributed by atoms with Gasteiger partial charge in [0.2, 0.25) is 5.91 Å². The third-order valence-electron chi connectivity index (χ3n) is 5.76. The molecule has 1 aliphatic heterocycles. The summed E-state index contributed by atoms with van der Waals surface area (Å²) >= 11 is 0. The van der Waals surface area contributed by atoms with E-state index in [1.165, 1.54) is 4.57 Å². The number of primary amides is 1. The standard InChI is InChI=1S/C23H26N6O2/c1-15-17(7-10-20(24)27-15)14-28(12-11-16-5-3-2-4-6-16)22-23(31)29-18(13-26-22)8-9-19(29)21(25)30/h2-7,10,13,19H,8-9,11-12,14H2,1H3,(H2,24,27)(H2,25,30)/t19-/m0/s1. The molecule has 0 unspecified atom stereocenters. The van der Waals surface area contributed by atoms with E-state index in [1.54, 1.807) is 12.3 Å². The fourth-order valence-corrected chi connectivity index (χ4v) is 4.07. The predicted octanol–water partition coefficient (Wildman–Crippen LogP) is 1.75. The van der Waals surface area contributed by atoms with E-state index in [0.717, 1.165) is 28.9 Å². The third-order valence-corrected chi connectivity index (χ3v) is 5.76. The largest absolute Gasteiger partial charge is 0.384 e. The number of aryl methyl sites for hydroxylation is 2. The number of rotatable bonds is 7. The number of nitrogen functional groups attached to an aromatic ring is 1. The summed E-state index contributed by atoms with van der Waals surface area (Å²) in [5.74, 6) is 0.272. The first kappa shape index (κ1) is 20.6. The molecule has 4 rings (SSSR count). The van der Waals surface area contributed by atoms with Crippen LogP contribution in [0.2, 0.25) is 0 Å². The molecule has 0 saturated heterocycles. The molecule has 3 aromatic rings. The van der Waals surface area contributed by atoms with Crippen molar-refractivity contribution in [2.75, 3.05) is 17.2 Å². The molecular weight excluding hydrogens is 392 g/mol. The van der Waals surface area contributed by atoms with Gasteiger partial charge in [-0.25, -0.2) is 9.97 Å². The van der Waals surface area contributed by atoms with Gasteiger partial charge in [-0.15, -0.1) is 0 Å². The van der Waals surface area contributed by atoms with E-state index < -0.39 is 11.9 Å². The van der Waals surface area contributed by atoms with Gasteiger partial charge in [-0.2, -0.15) is 0 Å². The Balaban J connectivity index is 1.71. The molecule has 8 heteroatoms. The molecule has 0 fully saturated rings. The first-order chi connectivity index (χ1) is 14.9. The molecular formula is C23H26N6O2. The monoisotopic (exact) mass is 418 g/mol. The zero-order valence-corrected chi connectivity index (χ0v) is 17.5. The van der Waals surface area contributed by atoms with E-state index in [2.05, 4.69) is 22.1 Å². The van der Waals surface area contributed by atoms with Crippen molar-refractivity contribution < 1.29 is 4.79 Å². The smallest absolute Gasteiger partial charge is 0.294 e. The lowest BCUT2D eigenvalue weighted by atomic mass is 10.1. The van der Waals surface area contributed by atoms with Crippen LogP contribution in [0.15, 0.2) is 53.5 Å². The highest BCUT2D eigenvalue weighted by Crippen LogP contribution is 2.24. The van der Waals surface area contributed by atoms with Crippen molar-refractivity contribution in [3.63, 3.8) is 0 Å². The van der Waals surface area contributed by atoms with Gasteiger partial charge in [-0.3, -0.25) is 14.2 Å². The lowest BCUT2D eigenvalue weighted by Crippen LogP contribution is -2.38. The van der Waals surface area contributed by atoms with Crippen molar-refractivity contribution in [2.24, 2.45) is 5.73 Å². The molecule has 3 heterocycles. The van der Waals surface area contributed by atoms with Gasteiger partial charge in [0, 0.05) is 30.7 Å². The number of fused-ring (bicyclic) bond motifs is 1. The third kappa shape index (κ3) is 4.28. The number of nitrogens with zero attached hydrogens (tertiary/aromatic N) is 4. The van der Waals surface area contributed by atoms with Crippen molar-refractivity contribution in [3.05, 3.63) is 81.5 Å². The Hall–Kier alpha value is -3.68. The van der Waals surface area contributed by atoms with Gasteiger partial charge >= 0.3 is 0 Å². The van der Waals surface area contributed by atoms with Gasteiger partial charge in [0.15, 0.2) is 5.82 Å². The molecule has 8 nitrogen and oxygen atoms in total. The number of carbonyl (C=O) groups excluding carboxylic acids is 1. The van der Waals surface area contributed by atoms with Crippen molar-refractivity contribution >= 4 is 17.5 Å². The number of benzene rings is 1. The van der Waals surface area contributed by atoms with Crippen LogP contribution in [0.1, 0.15) is 35.0 Å². The van der Waals surface area contributed by atoms with Crippen LogP contribution in [0.4, 0.5) is 11.6 Å². The Kier molecular flexibility index (Phi) is 5.70. The molecule has 31 heavy (non-hydrogen) atoms. The second-order valence-corrected chi connectivity index (χ2v) is 7.84. The predicted molar refractivity (Wildman–Crippen MR) is 120 cm³/mol. The minimum absolute atomic E-state index is 0.284. The SMILES string of the molecule is Cc1nc(N)ccc1CN(CCc1ccccc1)c1ncc2n(c1=O)[C@H](C(N)=O)CC2. The van der Waals surface area contributed by atoms with Gasteiger partial charge in [0.1, 0.15) is 11.9 Å². The van der Waals surface area contributed by atoms with Crippen LogP contribution >= 0.6 is 0 Å². The Morgan fingerprint density at radius 2 is 2.00 bits per heavy atom. The van der Waals surface area contributed by atoms with Crippen molar-refractivity contribution in [2.45, 2.75) is 38.8 Å². The Morgan fingerprint density at radius 1 is 1.23 bits per heavy atom. The fraction of sp³-hybridized carbons (Fsp3) is 0.304. The Morgan fingerprint density at radius 3 is 2.71 bits per heavy atom. The summed E-state index contributed by atoms with van der Waals surface area (Å²) in [6, 6.07) is 13.1. The van der Waals surface area contributed by atoms with Crippen LogP contribution in [0.5, 0.6) is 0 Å². The van der Waals surface area contributed by atoms with Crippen LogP contribution in [0.25, 0.3) is 0 Å². The maximum absolute atomic E-state index is 13.4. The van der Waals surface area contributed by atoms with E-state index in [9.17, 15) is 9.59 Å². The van der Waals surface area contributed by atoms with Crippen molar-refractivity contribution in [1.82, 2.24) is 14.5 Å². The van der Waals surface area contributed by atoms with Crippen LogP contribution in [-0.2, 0) is 24.2 Å². The normalized spacial score (nSPS) is 14.9. The average Bonchev–Trinajstić information content (AvgIpc) is 3.19. The van der Waals surface area contributed by atoms with Gasteiger partial charge in [-0.05, 0) is 43.4 Å². The minimum Gasteiger partial charge on any atom is -0.384 e. The molecule has 0 bridgehead atoms. The van der Waals surface area contributed by atoms with Gasteiger partial charge in [0.05, 0.1) is 0 Å². The fourth-order valence-electron chi connectivity index (χ4n) is 4.07. The highest BCUT2D eigenvalue weighted by atomic mass is 16.2. The number of amides is 1. The van der Waals surface area contributed by atoms with E-state index in [0.29, 0.717) is 37.6 Å². The first-order valence-corrected chi connectivity index (χ1v) is 10.3. The van der Waals surface area contributed by atoms with Gasteiger partial charge in [-0.1, -0.05) is 36.4 Å². The maximum atomic E-state index is 13.4. The molecule has 0 radical (unpaired) electrons. The molecule has 1 atom stereocenters. The van der Waals surface area contributed by atoms with Gasteiger partial charge < -0.3 is 16.4 Å². The highest BCUT2D eigenvalue weighted by molar-refractivity contribution is 5.79. The molecule has 1 aromatic carbocycles. The van der Waals surface area contributed by atoms with Crippen molar-refractivity contribution in [3.8, 4) is 0 Å². The lowest BCUT2D eigenvalue weighted by molar-refractivity contribution is -0.121. The summed E-state index contributed by atoms with van der Waals surface area (Å²) in [4.78, 5) is 36.0. The summed E-state index contributed by atoms with van der Waals surface area (Å²) in [7, 11) is 0. The van der Waals surface area contributed by atoms with E-state index >= 15 is 0 Å². The number of aromatic nitrogens is 3. The molecule has 4 N–H and O–H groups in total. The number of hydrogen-bond donors (Lipinski definition) is 2. The average molecular weight is 419 g/mol. The summed E-state index contributed by atoms with van der Waals surface area (Å²) in [6.45, 7) is 2.93. The van der Waals surface area contributed by atoms with E-state index in [-0.39, 0.29) is 5.56 Å². The Bertz CT molecular complexity index is 1160. The Labute approximate surface area is 180 Å². The molecule has 1 aliphatic rings. The number of carbonyl (C=O) groups is 1. The maximum Gasteiger partial charge on any atom is 0.294 e. The number of hydrogen-bond acceptors (Lipinski definition) is 6. The van der Waals surface area contributed by atoms with Crippen LogP contribution in [-0.4, -0.2) is 27.0 Å². The quantitative estimate of drug-likeness (QED) is 0.603. The van der Waals surface area contributed by atoms with Gasteiger partial charge in [0.25, 0.3) is 5.56 Å². The summed E-state index contributed by atoms with van der Waals surface area (Å²) in [5.41, 5.74) is 14.7. The molecule has 2 aromatic heterocycles. The number of nitrogens with two attached hydrogens (primary N) is 2. The van der Waals surface area contributed by atoms with E-state index in [4.69, 9.17) is 11.5 Å². The van der Waals surface area contributed by atoms with Crippen LogP contribution in [0.3, 0.4) is 0 Å². The summed E-state index contributed by atoms with van der Waals surface area (Å²) < 4.78 is 1.51. The summed E-state index contributed by atoms with van der Waals surface area (Å²) in [5, 5.41) is 0. The highest BCUT2D eigenvalue weighted by Gasteiger charge is 2.30. The lowest BCUT2D eigenvalue weighted by Gasteiger charge is -2.25. The second-order valence-electron chi connectivity index (χ2n) is 7.84. The second kappa shape index (κ2) is 8.59. The van der Waals surface area contributed by atoms with E-state index in [1.807, 2.05) is 36.1 Å². The molecule has 1 amide bonds. The van der Waals surface area contributed by atoms with Crippen LogP contribution < -0.4 is 21.9 Å². The molecule has 0 saturated carbocycles. The summed E-state index contributed by atoms with van der Waals surface area (Å²) in [6.07, 6.45) is 3.57. The zero-order chi connectivity index (χ0) is 22.0. The molecule has 160 valence electrons. The van der Waals surface area contributed by atoms with Crippen LogP contribution in [0, 0.1) is 6.92 Å². The minimum atomic E-state index is -0.625.